The summed E-state index contributed by atoms with van der Waals surface area (Å²) in [5.74, 6) is -0.805. The molecule has 1 rings (SSSR count). The van der Waals surface area contributed by atoms with E-state index < -0.39 is 33.1 Å². The maximum absolute atomic E-state index is 12.9. The summed E-state index contributed by atoms with van der Waals surface area (Å²) in [5.41, 5.74) is -3.85. The smallest absolute Gasteiger partial charge is 0.428 e. The highest BCUT2D eigenvalue weighted by Gasteiger charge is 2.43. The van der Waals surface area contributed by atoms with Crippen molar-refractivity contribution in [3.8, 4) is 5.75 Å². The summed E-state index contributed by atoms with van der Waals surface area (Å²) >= 11 is 15.5. The second-order valence-corrected chi connectivity index (χ2v) is 4.15. The maximum Gasteiger partial charge on any atom is 0.444 e. The molecule has 1 aromatic rings. The maximum atomic E-state index is 12.9. The fourth-order valence-electron chi connectivity index (χ4n) is 0.928. The molecule has 1 aromatic carbocycles. The first-order valence-corrected chi connectivity index (χ1v) is 5.33. The van der Waals surface area contributed by atoms with E-state index >= 15 is 0 Å². The van der Waals surface area contributed by atoms with Crippen molar-refractivity contribution < 1.29 is 22.8 Å². The van der Waals surface area contributed by atoms with Crippen LogP contribution in [0.2, 0.25) is 10.0 Å². The van der Waals surface area contributed by atoms with E-state index in [1.807, 2.05) is 0 Å². The topological polar surface area (TPSA) is 52.4 Å². The van der Waals surface area contributed by atoms with Crippen molar-refractivity contribution in [1.29, 1.82) is 0 Å². The molecule has 0 radical (unpaired) electrons. The van der Waals surface area contributed by atoms with Gasteiger partial charge in [0.2, 0.25) is 0 Å². The first kappa shape index (κ1) is 15.1. The summed E-state index contributed by atoms with van der Waals surface area (Å²) in [6.07, 6.45) is -4.38. The standard InChI is InChI=1S/C8H3Cl3F3NO3/c9-3-1-4(10)6(2-5(3)15(16)17)18-8(13,14)7(11)12/h1-2,7H. The molecule has 0 saturated carbocycles. The number of nitro benzene ring substituents is 1. The van der Waals surface area contributed by atoms with E-state index in [1.54, 1.807) is 0 Å². The zero-order valence-corrected chi connectivity index (χ0v) is 10.4. The molecule has 10 heteroatoms. The van der Waals surface area contributed by atoms with Gasteiger partial charge >= 0.3 is 6.11 Å². The predicted molar refractivity (Wildman–Crippen MR) is 59.4 cm³/mol. The Morgan fingerprint density at radius 1 is 1.33 bits per heavy atom. The minimum atomic E-state index is -4.38. The van der Waals surface area contributed by atoms with Gasteiger partial charge < -0.3 is 4.74 Å². The number of hydrogen-bond donors (Lipinski definition) is 0. The fourth-order valence-corrected chi connectivity index (χ4v) is 1.46. The van der Waals surface area contributed by atoms with Crippen LogP contribution in [0.5, 0.6) is 5.75 Å². The average Bonchev–Trinajstić information content (AvgIpc) is 2.21. The third kappa shape index (κ3) is 3.30. The van der Waals surface area contributed by atoms with Crippen molar-refractivity contribution in [2.75, 3.05) is 0 Å². The van der Waals surface area contributed by atoms with Crippen molar-refractivity contribution in [2.24, 2.45) is 0 Å². The number of alkyl halides is 4. The first-order valence-electron chi connectivity index (χ1n) is 4.13. The van der Waals surface area contributed by atoms with E-state index in [1.165, 1.54) is 0 Å². The van der Waals surface area contributed by atoms with E-state index in [4.69, 9.17) is 23.2 Å². The molecule has 0 aliphatic heterocycles. The van der Waals surface area contributed by atoms with Gasteiger partial charge in [-0.1, -0.05) is 34.8 Å². The molecule has 0 aliphatic carbocycles. The summed E-state index contributed by atoms with van der Waals surface area (Å²) in [5, 5.41) is 9.71. The lowest BCUT2D eigenvalue weighted by atomic mass is 10.3. The third-order valence-corrected chi connectivity index (χ3v) is 2.55. The Hall–Kier alpha value is -0.920. The molecule has 0 aromatic heterocycles. The second-order valence-electron chi connectivity index (χ2n) is 2.96. The highest BCUT2D eigenvalue weighted by Crippen LogP contribution is 2.39. The summed E-state index contributed by atoms with van der Waals surface area (Å²) < 4.78 is 41.9. The van der Waals surface area contributed by atoms with Gasteiger partial charge in [-0.15, -0.1) is 0 Å². The number of rotatable bonds is 4. The molecule has 0 bridgehead atoms. The Balaban J connectivity index is 3.18. The van der Waals surface area contributed by atoms with E-state index in [9.17, 15) is 23.3 Å². The van der Waals surface area contributed by atoms with E-state index in [0.717, 1.165) is 6.07 Å². The van der Waals surface area contributed by atoms with Gasteiger partial charge in [-0.25, -0.2) is 4.39 Å². The molecule has 18 heavy (non-hydrogen) atoms. The van der Waals surface area contributed by atoms with Crippen LogP contribution in [0.3, 0.4) is 0 Å². The molecule has 0 aliphatic rings. The van der Waals surface area contributed by atoms with Crippen molar-refractivity contribution >= 4 is 40.5 Å². The molecule has 0 N–H and O–H groups in total. The molecule has 0 heterocycles. The van der Waals surface area contributed by atoms with E-state index in [-0.39, 0.29) is 5.02 Å². The Labute approximate surface area is 113 Å². The number of halogens is 6. The van der Waals surface area contributed by atoms with Crippen LogP contribution in [-0.4, -0.2) is 16.7 Å². The molecule has 1 atom stereocenters. The molecule has 0 spiro atoms. The van der Waals surface area contributed by atoms with E-state index in [0.29, 0.717) is 6.07 Å². The van der Waals surface area contributed by atoms with Crippen LogP contribution in [0, 0.1) is 10.1 Å². The quantitative estimate of drug-likeness (QED) is 0.468. The van der Waals surface area contributed by atoms with Crippen molar-refractivity contribution in [3.05, 3.63) is 32.3 Å². The van der Waals surface area contributed by atoms with Crippen LogP contribution in [0.15, 0.2) is 12.1 Å². The first-order chi connectivity index (χ1) is 8.15. The molecule has 0 amide bonds. The van der Waals surface area contributed by atoms with Crippen LogP contribution in [0.1, 0.15) is 0 Å². The molecule has 100 valence electrons. The molecule has 0 saturated heterocycles. The highest BCUT2D eigenvalue weighted by molar-refractivity contribution is 6.36. The van der Waals surface area contributed by atoms with Crippen LogP contribution < -0.4 is 4.74 Å². The monoisotopic (exact) mass is 323 g/mol. The van der Waals surface area contributed by atoms with Crippen molar-refractivity contribution in [3.63, 3.8) is 0 Å². The molecule has 4 nitrogen and oxygen atoms in total. The van der Waals surface area contributed by atoms with Gasteiger partial charge in [-0.05, 0) is 6.07 Å². The van der Waals surface area contributed by atoms with Gasteiger partial charge in [-0.3, -0.25) is 10.1 Å². The van der Waals surface area contributed by atoms with Crippen LogP contribution in [0.25, 0.3) is 0 Å². The van der Waals surface area contributed by atoms with Gasteiger partial charge in [0, 0.05) is 0 Å². The highest BCUT2D eigenvalue weighted by atomic mass is 35.5. The summed E-state index contributed by atoms with van der Waals surface area (Å²) in [4.78, 5) is 9.59. The van der Waals surface area contributed by atoms with Gasteiger partial charge in [0.15, 0.2) is 5.75 Å². The summed E-state index contributed by atoms with van der Waals surface area (Å²) in [6, 6.07) is 1.38. The second kappa shape index (κ2) is 5.38. The lowest BCUT2D eigenvalue weighted by molar-refractivity contribution is -0.384. The summed E-state index contributed by atoms with van der Waals surface area (Å²) in [7, 11) is 0. The molecule has 1 unspecified atom stereocenters. The minimum Gasteiger partial charge on any atom is -0.428 e. The Kier molecular flexibility index (Phi) is 4.52. The number of ether oxygens (including phenoxy) is 1. The number of nitro groups is 1. The van der Waals surface area contributed by atoms with Crippen LogP contribution in [-0.2, 0) is 0 Å². The summed E-state index contributed by atoms with van der Waals surface area (Å²) in [6.45, 7) is 0. The Morgan fingerprint density at radius 3 is 2.33 bits per heavy atom. The van der Waals surface area contributed by atoms with Crippen LogP contribution in [0.4, 0.5) is 18.9 Å². The van der Waals surface area contributed by atoms with Crippen LogP contribution >= 0.6 is 34.8 Å². The SMILES string of the molecule is O=[N+]([O-])c1cc(OC(F)(F)C(F)Cl)c(Cl)cc1Cl. The Bertz CT molecular complexity index is 484. The van der Waals surface area contributed by atoms with Crippen molar-refractivity contribution in [1.82, 2.24) is 0 Å². The molecular formula is C8H3Cl3F3NO3. The lowest BCUT2D eigenvalue weighted by Crippen LogP contribution is -2.32. The largest absolute Gasteiger partial charge is 0.444 e. The van der Waals surface area contributed by atoms with Gasteiger partial charge in [0.25, 0.3) is 11.3 Å². The Morgan fingerprint density at radius 2 is 1.89 bits per heavy atom. The predicted octanol–water partition coefficient (Wildman–Crippen LogP) is 4.41. The molecule has 0 fully saturated rings. The van der Waals surface area contributed by atoms with Gasteiger partial charge in [-0.2, -0.15) is 8.78 Å². The fraction of sp³-hybridized carbons (Fsp3) is 0.250. The zero-order valence-electron chi connectivity index (χ0n) is 8.17. The zero-order chi connectivity index (χ0) is 14.1. The third-order valence-electron chi connectivity index (χ3n) is 1.70. The number of hydrogen-bond acceptors (Lipinski definition) is 3. The molecular weight excluding hydrogens is 321 g/mol. The van der Waals surface area contributed by atoms with Gasteiger partial charge in [0.1, 0.15) is 5.02 Å². The number of benzene rings is 1. The average molecular weight is 324 g/mol. The van der Waals surface area contributed by atoms with Gasteiger partial charge in [0.05, 0.1) is 16.0 Å². The lowest BCUT2D eigenvalue weighted by Gasteiger charge is -2.18. The van der Waals surface area contributed by atoms with E-state index in [2.05, 4.69) is 16.3 Å². The van der Waals surface area contributed by atoms with Crippen molar-refractivity contribution in [2.45, 2.75) is 11.7 Å². The number of nitrogens with zero attached hydrogens (tertiary/aromatic N) is 1. The minimum absolute atomic E-state index is 0.372. The normalized spacial score (nSPS) is 13.2.